The van der Waals surface area contributed by atoms with Gasteiger partial charge in [0.05, 0.1) is 58.8 Å². The number of fused-ring (bicyclic) bond motifs is 4. The number of ether oxygens (including phenoxy) is 2. The van der Waals surface area contributed by atoms with Crippen LogP contribution in [0.15, 0.2) is 90.5 Å². The molecule has 2 saturated heterocycles. The van der Waals surface area contributed by atoms with Crippen LogP contribution in [-0.2, 0) is 24.6 Å². The zero-order valence-electron chi connectivity index (χ0n) is 29.8. The van der Waals surface area contributed by atoms with E-state index in [2.05, 4.69) is 5.43 Å². The van der Waals surface area contributed by atoms with E-state index in [-0.39, 0.29) is 51.2 Å². The van der Waals surface area contributed by atoms with E-state index in [1.54, 1.807) is 48.5 Å². The van der Waals surface area contributed by atoms with Crippen molar-refractivity contribution < 1.29 is 43.8 Å². The van der Waals surface area contributed by atoms with Gasteiger partial charge in [-0.05, 0) is 89.9 Å². The maximum Gasteiger partial charge on any atom is 0.488 e. The fourth-order valence-electron chi connectivity index (χ4n) is 9.21. The molecule has 4 aromatic rings. The maximum absolute atomic E-state index is 15.5. The Bertz CT molecular complexity index is 2360. The summed E-state index contributed by atoms with van der Waals surface area (Å²) >= 11 is 19.4. The van der Waals surface area contributed by atoms with Crippen molar-refractivity contribution in [2.24, 2.45) is 23.7 Å². The fraction of sp³-hybridized carbons (Fsp3) is 0.250. The Morgan fingerprint density at radius 2 is 1.59 bits per heavy atom. The number of nitrogens with one attached hydrogen (secondary N) is 1. The smallest absolute Gasteiger partial charge is 0.488 e. The van der Waals surface area contributed by atoms with Gasteiger partial charge in [0.25, 0.3) is 11.8 Å². The maximum atomic E-state index is 15.5. The van der Waals surface area contributed by atoms with E-state index in [0.717, 1.165) is 9.91 Å². The van der Waals surface area contributed by atoms with Crippen LogP contribution in [0.2, 0.25) is 15.1 Å². The van der Waals surface area contributed by atoms with Crippen LogP contribution in [0, 0.1) is 23.7 Å². The summed E-state index contributed by atoms with van der Waals surface area (Å²) in [5, 5.41) is 31.9. The van der Waals surface area contributed by atoms with E-state index < -0.39 is 65.8 Å². The van der Waals surface area contributed by atoms with Crippen molar-refractivity contribution in [1.82, 2.24) is 5.01 Å². The average Bonchev–Trinajstić information content (AvgIpc) is 3.57. The van der Waals surface area contributed by atoms with Gasteiger partial charge in [0.15, 0.2) is 11.5 Å². The molecule has 4 aromatic carbocycles. The van der Waals surface area contributed by atoms with Gasteiger partial charge in [-0.2, -0.15) is 5.01 Å². The Morgan fingerprint density at radius 1 is 0.839 bits per heavy atom. The van der Waals surface area contributed by atoms with Crippen LogP contribution in [0.3, 0.4) is 0 Å². The first-order valence-electron chi connectivity index (χ1n) is 17.7. The molecule has 2 aliphatic carbocycles. The molecule has 4 aliphatic rings. The lowest BCUT2D eigenvalue weighted by atomic mass is 9.49. The number of hydrogen-bond donors (Lipinski definition) is 4. The minimum absolute atomic E-state index is 0.00215. The van der Waals surface area contributed by atoms with Crippen LogP contribution in [-0.4, -0.2) is 65.1 Å². The number of phenolic OH excluding ortho intramolecular Hbond substituents is 1. The number of carbonyl (C=O) groups excluding carboxylic acids is 4. The molecule has 4 amide bonds. The summed E-state index contributed by atoms with van der Waals surface area (Å²) in [6.07, 6.45) is 2.00. The van der Waals surface area contributed by atoms with E-state index in [0.29, 0.717) is 27.5 Å². The molecule has 286 valence electrons. The first kappa shape index (κ1) is 37.9. The van der Waals surface area contributed by atoms with Crippen LogP contribution in [0.1, 0.15) is 29.9 Å². The normalized spacial score (nSPS) is 25.4. The van der Waals surface area contributed by atoms with Crippen LogP contribution < -0.4 is 25.3 Å². The Morgan fingerprint density at radius 3 is 2.27 bits per heavy atom. The Kier molecular flexibility index (Phi) is 9.57. The number of nitrogens with zero attached hydrogens (tertiary/aromatic N) is 2. The number of hydrogen-bond acceptors (Lipinski definition) is 10. The number of methoxy groups -OCH3 is 2. The number of anilines is 2. The van der Waals surface area contributed by atoms with Gasteiger partial charge in [0.1, 0.15) is 5.75 Å². The summed E-state index contributed by atoms with van der Waals surface area (Å²) in [4.78, 5) is 60.3. The van der Waals surface area contributed by atoms with E-state index in [1.165, 1.54) is 44.6 Å². The quantitative estimate of drug-likeness (QED) is 0.105. The predicted octanol–water partition coefficient (Wildman–Crippen LogP) is 5.24. The first-order valence-corrected chi connectivity index (χ1v) is 18.8. The SMILES string of the molecule is COc1ccc(C23C(=O)N(Nc4ccc(Cl)cc4Cl)C(=O)C2CC2C(=CCC4C(=O)N(c5cccc(B(O)O)c5)C(=O)C42)C3c2cc(Cl)c(O)c(OC)c2)cc1. The first-order chi connectivity index (χ1) is 26.8. The van der Waals surface area contributed by atoms with E-state index >= 15 is 4.79 Å². The van der Waals surface area contributed by atoms with Gasteiger partial charge >= 0.3 is 7.12 Å². The lowest BCUT2D eigenvalue weighted by Crippen LogP contribution is -2.53. The molecule has 2 aliphatic heterocycles. The molecule has 0 bridgehead atoms. The highest BCUT2D eigenvalue weighted by Gasteiger charge is 2.70. The number of aromatic hydroxyl groups is 1. The Hall–Kier alpha value is -5.05. The van der Waals surface area contributed by atoms with Crippen molar-refractivity contribution in [1.29, 1.82) is 0 Å². The highest BCUT2D eigenvalue weighted by Crippen LogP contribution is 2.65. The van der Waals surface area contributed by atoms with Crippen molar-refractivity contribution in [2.75, 3.05) is 24.5 Å². The number of imide groups is 2. The van der Waals surface area contributed by atoms with Gasteiger partial charge in [0, 0.05) is 10.9 Å². The number of rotatable bonds is 8. The number of phenols is 1. The van der Waals surface area contributed by atoms with Crippen LogP contribution in [0.4, 0.5) is 11.4 Å². The summed E-state index contributed by atoms with van der Waals surface area (Å²) in [7, 11) is 1.04. The summed E-state index contributed by atoms with van der Waals surface area (Å²) < 4.78 is 11.0. The third kappa shape index (κ3) is 5.67. The minimum Gasteiger partial charge on any atom is -0.503 e. The zero-order valence-corrected chi connectivity index (χ0v) is 32.0. The zero-order chi connectivity index (χ0) is 39.8. The molecule has 8 rings (SSSR count). The topological polar surface area (TPSA) is 166 Å². The molecule has 6 unspecified atom stereocenters. The van der Waals surface area contributed by atoms with E-state index in [4.69, 9.17) is 44.3 Å². The van der Waals surface area contributed by atoms with Gasteiger partial charge < -0.3 is 24.6 Å². The lowest BCUT2D eigenvalue weighted by molar-refractivity contribution is -0.138. The molecular weight excluding hydrogens is 784 g/mol. The molecule has 16 heteroatoms. The Labute approximate surface area is 336 Å². The van der Waals surface area contributed by atoms with Gasteiger partial charge in [0.2, 0.25) is 11.8 Å². The van der Waals surface area contributed by atoms with Gasteiger partial charge in [-0.25, -0.2) is 0 Å². The number of halogens is 3. The molecule has 6 atom stereocenters. The standard InChI is InChI=1S/C40H33BCl3N3O9/c1-55-24-9-6-20(7-10-24)40-28(37(50)47(39(40)52)45-31-13-8-22(42)17-29(31)43)18-27-25(34(40)19-14-30(44)35(48)32(15-19)56-2)11-12-26-33(27)38(51)46(36(26)49)23-5-3-4-21(16-23)41(53)54/h3-11,13-17,26-28,33-34,45,48,53-54H,12,18H2,1-2H3. The molecular formula is C40H33BCl3N3O9. The lowest BCUT2D eigenvalue weighted by Gasteiger charge is -2.50. The van der Waals surface area contributed by atoms with Gasteiger partial charge in [-0.3, -0.25) is 29.5 Å². The second-order valence-electron chi connectivity index (χ2n) is 14.2. The van der Waals surface area contributed by atoms with Crippen molar-refractivity contribution in [2.45, 2.75) is 24.2 Å². The predicted molar refractivity (Wildman–Crippen MR) is 209 cm³/mol. The average molecular weight is 817 g/mol. The minimum atomic E-state index is -1.83. The molecule has 12 nitrogen and oxygen atoms in total. The monoisotopic (exact) mass is 815 g/mol. The van der Waals surface area contributed by atoms with Gasteiger partial charge in [-0.1, -0.05) is 70.7 Å². The fourth-order valence-corrected chi connectivity index (χ4v) is 9.88. The highest BCUT2D eigenvalue weighted by atomic mass is 35.5. The third-order valence-electron chi connectivity index (χ3n) is 11.6. The van der Waals surface area contributed by atoms with Crippen LogP contribution in [0.5, 0.6) is 17.2 Å². The number of allylic oxidation sites excluding steroid dienone is 2. The molecule has 4 N–H and O–H groups in total. The summed E-state index contributed by atoms with van der Waals surface area (Å²) in [5.74, 6) is -6.56. The van der Waals surface area contributed by atoms with Crippen LogP contribution >= 0.6 is 34.8 Å². The molecule has 0 aromatic heterocycles. The summed E-state index contributed by atoms with van der Waals surface area (Å²) in [6.45, 7) is 0. The number of hydrazine groups is 1. The molecule has 0 spiro atoms. The largest absolute Gasteiger partial charge is 0.503 e. The molecule has 2 heterocycles. The van der Waals surface area contributed by atoms with Crippen molar-refractivity contribution in [3.05, 3.63) is 117 Å². The van der Waals surface area contributed by atoms with E-state index in [1.807, 2.05) is 6.08 Å². The molecule has 56 heavy (non-hydrogen) atoms. The number of amides is 4. The Balaban J connectivity index is 1.34. The number of carbonyl (C=O) groups is 4. The van der Waals surface area contributed by atoms with Crippen molar-refractivity contribution in [3.63, 3.8) is 0 Å². The molecule has 3 fully saturated rings. The van der Waals surface area contributed by atoms with E-state index in [9.17, 15) is 29.5 Å². The summed E-state index contributed by atoms with van der Waals surface area (Å²) in [6, 6.07) is 20.4. The third-order valence-corrected chi connectivity index (χ3v) is 12.4. The second-order valence-corrected chi connectivity index (χ2v) is 15.5. The summed E-state index contributed by atoms with van der Waals surface area (Å²) in [5.41, 5.74) is 3.32. The van der Waals surface area contributed by atoms with Crippen molar-refractivity contribution in [3.8, 4) is 17.2 Å². The molecule has 1 saturated carbocycles. The molecule has 0 radical (unpaired) electrons. The van der Waals surface area contributed by atoms with Gasteiger partial charge in [-0.15, -0.1) is 0 Å². The highest BCUT2D eigenvalue weighted by molar-refractivity contribution is 6.58. The number of benzene rings is 4. The van der Waals surface area contributed by atoms with Crippen LogP contribution in [0.25, 0.3) is 0 Å². The van der Waals surface area contributed by atoms with Crippen molar-refractivity contribution >= 4 is 82.4 Å². The second kappa shape index (κ2) is 14.2.